The van der Waals surface area contributed by atoms with Crippen LogP contribution >= 0.6 is 46.4 Å². The molecule has 0 radical (unpaired) electrons. The number of hydrazone groups is 1. The predicted molar refractivity (Wildman–Crippen MR) is 92.7 cm³/mol. The zero-order valence-electron chi connectivity index (χ0n) is 12.4. The van der Waals surface area contributed by atoms with E-state index in [1.54, 1.807) is 19.1 Å². The number of hydrogen-bond donors (Lipinski definition) is 1. The number of nitrogens with zero attached hydrogens (tertiary/aromatic N) is 3. The molecule has 4 nitrogen and oxygen atoms in total. The normalized spacial score (nSPS) is 13.7. The lowest BCUT2D eigenvalue weighted by Gasteiger charge is -2.16. The van der Waals surface area contributed by atoms with E-state index in [1.807, 2.05) is 0 Å². The second kappa shape index (κ2) is 7.95. The molecule has 0 aliphatic carbocycles. The Morgan fingerprint density at radius 1 is 1.20 bits per heavy atom. The minimum atomic E-state index is -4.82. The lowest BCUT2D eigenvalue weighted by molar-refractivity contribution is -0.0587. The van der Waals surface area contributed by atoms with Crippen LogP contribution in [0.3, 0.4) is 0 Å². The van der Waals surface area contributed by atoms with Gasteiger partial charge in [0.15, 0.2) is 10.9 Å². The number of halogens is 7. The Balaban J connectivity index is 2.35. The summed E-state index contributed by atoms with van der Waals surface area (Å²) in [4.78, 5) is 7.10. The summed E-state index contributed by atoms with van der Waals surface area (Å²) in [6.45, 7) is 1.59. The van der Waals surface area contributed by atoms with Crippen LogP contribution in [0.2, 0.25) is 20.4 Å². The molecule has 2 aromatic rings. The van der Waals surface area contributed by atoms with E-state index in [2.05, 4.69) is 20.5 Å². The molecule has 11 heteroatoms. The molecule has 1 heterocycles. The van der Waals surface area contributed by atoms with Gasteiger partial charge in [0, 0.05) is 10.0 Å². The Morgan fingerprint density at radius 3 is 2.44 bits per heavy atom. The van der Waals surface area contributed by atoms with Gasteiger partial charge in [-0.1, -0.05) is 52.5 Å². The van der Waals surface area contributed by atoms with Gasteiger partial charge < -0.3 is 5.43 Å². The molecule has 0 saturated carbocycles. The van der Waals surface area contributed by atoms with Crippen molar-refractivity contribution in [1.82, 2.24) is 15.4 Å². The molecule has 1 N–H and O–H groups in total. The van der Waals surface area contributed by atoms with Gasteiger partial charge >= 0.3 is 6.18 Å². The van der Waals surface area contributed by atoms with Crippen LogP contribution < -0.4 is 5.43 Å². The monoisotopic (exact) mass is 430 g/mol. The summed E-state index contributed by atoms with van der Waals surface area (Å²) < 4.78 is 39.9. The number of alkyl halides is 3. The lowest BCUT2D eigenvalue weighted by Crippen LogP contribution is -2.29. The van der Waals surface area contributed by atoms with Crippen LogP contribution in [0.5, 0.6) is 0 Å². The second-order valence-corrected chi connectivity index (χ2v) is 6.40. The molecule has 0 aliphatic heterocycles. The van der Waals surface area contributed by atoms with Crippen LogP contribution in [0.15, 0.2) is 29.5 Å². The molecule has 134 valence electrons. The van der Waals surface area contributed by atoms with Crippen LogP contribution in [-0.4, -0.2) is 21.9 Å². The molecular formula is C14H9Cl4F3N4. The number of rotatable bonds is 4. The summed E-state index contributed by atoms with van der Waals surface area (Å²) in [5.74, 6) is 0. The first-order valence-corrected chi connectivity index (χ1v) is 8.14. The fourth-order valence-corrected chi connectivity index (χ4v) is 2.82. The summed E-state index contributed by atoms with van der Waals surface area (Å²) in [7, 11) is 0. The van der Waals surface area contributed by atoms with Crippen molar-refractivity contribution >= 4 is 52.1 Å². The highest BCUT2D eigenvalue weighted by atomic mass is 35.5. The smallest absolute Gasteiger partial charge is 0.302 e. The van der Waals surface area contributed by atoms with E-state index >= 15 is 0 Å². The van der Waals surface area contributed by atoms with Gasteiger partial charge in [0.05, 0.1) is 12.2 Å². The largest absolute Gasteiger partial charge is 0.437 e. The molecule has 0 spiro atoms. The molecule has 1 aromatic carbocycles. The maximum Gasteiger partial charge on any atom is 0.437 e. The van der Waals surface area contributed by atoms with Gasteiger partial charge in [0.25, 0.3) is 0 Å². The van der Waals surface area contributed by atoms with E-state index in [9.17, 15) is 13.2 Å². The SMILES string of the molecule is CC(N/N=C(\c1ncc(Cl)nc1Cl)C(F)(F)F)c1ccc(Cl)cc1Cl. The van der Waals surface area contributed by atoms with E-state index in [0.717, 1.165) is 6.20 Å². The highest BCUT2D eigenvalue weighted by Gasteiger charge is 2.40. The minimum Gasteiger partial charge on any atom is -0.302 e. The molecule has 0 bridgehead atoms. The molecule has 0 amide bonds. The average molecular weight is 432 g/mol. The molecule has 1 unspecified atom stereocenters. The average Bonchev–Trinajstić information content (AvgIpc) is 2.47. The van der Waals surface area contributed by atoms with Crippen molar-refractivity contribution in [2.24, 2.45) is 5.10 Å². The molecule has 0 fully saturated rings. The predicted octanol–water partition coefficient (Wildman–Crippen LogP) is 5.71. The third-order valence-electron chi connectivity index (χ3n) is 2.99. The summed E-state index contributed by atoms with van der Waals surface area (Å²) in [5.41, 5.74) is 0.932. The van der Waals surface area contributed by atoms with E-state index in [1.165, 1.54) is 6.07 Å². The van der Waals surface area contributed by atoms with Crippen molar-refractivity contribution in [3.63, 3.8) is 0 Å². The van der Waals surface area contributed by atoms with E-state index in [0.29, 0.717) is 15.6 Å². The third-order valence-corrected chi connectivity index (χ3v) is 4.00. The fourth-order valence-electron chi connectivity index (χ4n) is 1.84. The summed E-state index contributed by atoms with van der Waals surface area (Å²) in [6.07, 6.45) is -3.87. The van der Waals surface area contributed by atoms with Crippen molar-refractivity contribution in [3.05, 3.63) is 56.0 Å². The van der Waals surface area contributed by atoms with Gasteiger partial charge in [-0.05, 0) is 24.6 Å². The maximum atomic E-state index is 13.3. The van der Waals surface area contributed by atoms with Crippen molar-refractivity contribution in [1.29, 1.82) is 0 Å². The van der Waals surface area contributed by atoms with Gasteiger partial charge in [0.2, 0.25) is 0 Å². The quantitative estimate of drug-likeness (QED) is 0.498. The van der Waals surface area contributed by atoms with Crippen LogP contribution in [0.25, 0.3) is 0 Å². The molecule has 0 saturated heterocycles. The van der Waals surface area contributed by atoms with Crippen LogP contribution in [0, 0.1) is 0 Å². The molecule has 1 aromatic heterocycles. The van der Waals surface area contributed by atoms with E-state index < -0.39 is 28.8 Å². The molecule has 2 rings (SSSR count). The zero-order valence-corrected chi connectivity index (χ0v) is 15.4. The molecular weight excluding hydrogens is 423 g/mol. The van der Waals surface area contributed by atoms with Gasteiger partial charge in [0.1, 0.15) is 10.8 Å². The number of nitrogens with one attached hydrogen (secondary N) is 1. The minimum absolute atomic E-state index is 0.135. The fraction of sp³-hybridized carbons (Fsp3) is 0.214. The Hall–Kier alpha value is -1.28. The molecule has 0 aliphatic rings. The van der Waals surface area contributed by atoms with Gasteiger partial charge in [-0.15, -0.1) is 0 Å². The van der Waals surface area contributed by atoms with Crippen molar-refractivity contribution in [2.45, 2.75) is 19.1 Å². The van der Waals surface area contributed by atoms with Gasteiger partial charge in [-0.2, -0.15) is 18.3 Å². The lowest BCUT2D eigenvalue weighted by atomic mass is 10.1. The van der Waals surface area contributed by atoms with Gasteiger partial charge in [-0.25, -0.2) is 9.97 Å². The first kappa shape index (κ1) is 20.0. The van der Waals surface area contributed by atoms with Crippen LogP contribution in [-0.2, 0) is 0 Å². The first-order valence-electron chi connectivity index (χ1n) is 6.63. The number of aromatic nitrogens is 2. The third kappa shape index (κ3) is 5.10. The highest BCUT2D eigenvalue weighted by Crippen LogP contribution is 2.28. The number of hydrogen-bond acceptors (Lipinski definition) is 4. The van der Waals surface area contributed by atoms with Crippen molar-refractivity contribution in [2.75, 3.05) is 0 Å². The first-order chi connectivity index (χ1) is 11.6. The molecule has 25 heavy (non-hydrogen) atoms. The Morgan fingerprint density at radius 2 is 1.88 bits per heavy atom. The van der Waals surface area contributed by atoms with E-state index in [-0.39, 0.29) is 5.15 Å². The number of benzene rings is 1. The molecule has 1 atom stereocenters. The standard InChI is InChI=1S/C14H9Cl4F3N4/c1-6(8-3-2-7(15)4-9(8)16)24-25-12(14(19,20)21)11-13(18)23-10(17)5-22-11/h2-6,24H,1H3/b25-12+. The maximum absolute atomic E-state index is 13.3. The Labute approximate surface area is 161 Å². The Kier molecular flexibility index (Phi) is 6.37. The topological polar surface area (TPSA) is 50.2 Å². The van der Waals surface area contributed by atoms with Gasteiger partial charge in [-0.3, -0.25) is 0 Å². The van der Waals surface area contributed by atoms with E-state index in [4.69, 9.17) is 46.4 Å². The van der Waals surface area contributed by atoms with Crippen LogP contribution in [0.1, 0.15) is 24.2 Å². The summed E-state index contributed by atoms with van der Waals surface area (Å²) in [5, 5.41) is 3.47. The Bertz CT molecular complexity index is 811. The van der Waals surface area contributed by atoms with Crippen molar-refractivity contribution in [3.8, 4) is 0 Å². The van der Waals surface area contributed by atoms with Crippen LogP contribution in [0.4, 0.5) is 13.2 Å². The van der Waals surface area contributed by atoms with Crippen molar-refractivity contribution < 1.29 is 13.2 Å². The second-order valence-electron chi connectivity index (χ2n) is 4.81. The highest BCUT2D eigenvalue weighted by molar-refractivity contribution is 6.35. The zero-order chi connectivity index (χ0) is 18.8. The summed E-state index contributed by atoms with van der Waals surface area (Å²) >= 11 is 23.1. The summed E-state index contributed by atoms with van der Waals surface area (Å²) in [6, 6.07) is 3.99.